The molecule has 1 N–H and O–H groups in total. The summed E-state index contributed by atoms with van der Waals surface area (Å²) in [6.45, 7) is 2.00. The van der Waals surface area contributed by atoms with Gasteiger partial charge in [-0.05, 0) is 48.4 Å². The molecule has 2 aromatic carbocycles. The van der Waals surface area contributed by atoms with Crippen LogP contribution in [-0.2, 0) is 11.2 Å². The Kier molecular flexibility index (Phi) is 6.29. The summed E-state index contributed by atoms with van der Waals surface area (Å²) in [7, 11) is 0. The summed E-state index contributed by atoms with van der Waals surface area (Å²) in [6, 6.07) is 12.9. The first kappa shape index (κ1) is 19.2. The first-order chi connectivity index (χ1) is 13.0. The molecule has 2 aromatic rings. The Morgan fingerprint density at radius 2 is 1.52 bits per heavy atom. The van der Waals surface area contributed by atoms with Crippen molar-refractivity contribution in [3.8, 4) is 0 Å². The topological polar surface area (TPSA) is 52.7 Å². The van der Waals surface area contributed by atoms with Crippen molar-refractivity contribution in [3.63, 3.8) is 0 Å². The molecule has 0 atom stereocenters. The Bertz CT molecular complexity index is 788. The molecule has 0 spiro atoms. The molecule has 0 saturated carbocycles. The van der Waals surface area contributed by atoms with Crippen molar-refractivity contribution in [1.29, 1.82) is 0 Å². The van der Waals surface area contributed by atoms with Crippen LogP contribution in [0.25, 0.3) is 0 Å². The van der Waals surface area contributed by atoms with E-state index in [1.807, 2.05) is 0 Å². The van der Waals surface area contributed by atoms with Crippen LogP contribution in [-0.4, -0.2) is 47.9 Å². The van der Waals surface area contributed by atoms with Gasteiger partial charge in [0.15, 0.2) is 0 Å². The molecule has 3 rings (SSSR count). The van der Waals surface area contributed by atoms with Crippen LogP contribution < -0.4 is 5.32 Å². The van der Waals surface area contributed by atoms with Gasteiger partial charge in [0.25, 0.3) is 0 Å². The number of anilines is 1. The molecule has 1 saturated heterocycles. The number of carbonyl (C=O) groups excluding carboxylic acids is 2. The predicted molar refractivity (Wildman–Crippen MR) is 103 cm³/mol. The minimum Gasteiger partial charge on any atom is -0.339 e. The number of nitrogens with zero attached hydrogens (tertiary/aromatic N) is 2. The van der Waals surface area contributed by atoms with Gasteiger partial charge in [-0.1, -0.05) is 23.7 Å². The summed E-state index contributed by atoms with van der Waals surface area (Å²) in [6.07, 6.45) is 0.957. The van der Waals surface area contributed by atoms with E-state index in [1.54, 1.807) is 46.2 Å². The van der Waals surface area contributed by atoms with Crippen LogP contribution in [0.15, 0.2) is 48.5 Å². The minimum atomic E-state index is -0.280. The van der Waals surface area contributed by atoms with Crippen molar-refractivity contribution < 1.29 is 14.0 Å². The van der Waals surface area contributed by atoms with Crippen LogP contribution in [0.5, 0.6) is 0 Å². The van der Waals surface area contributed by atoms with Gasteiger partial charge in [-0.15, -0.1) is 0 Å². The number of amides is 3. The SMILES string of the molecule is O=C(CCc1ccc(F)cc1)N1CCN(C(=O)Nc2ccc(Cl)cc2)CC1. The van der Waals surface area contributed by atoms with E-state index in [1.165, 1.54) is 12.1 Å². The number of halogens is 2. The zero-order valence-corrected chi connectivity index (χ0v) is 15.6. The first-order valence-corrected chi connectivity index (χ1v) is 9.23. The zero-order chi connectivity index (χ0) is 19.2. The molecular weight excluding hydrogens is 369 g/mol. The molecule has 0 aliphatic carbocycles. The fourth-order valence-electron chi connectivity index (χ4n) is 2.96. The minimum absolute atomic E-state index is 0.0529. The second-order valence-electron chi connectivity index (χ2n) is 6.43. The second-order valence-corrected chi connectivity index (χ2v) is 6.87. The Morgan fingerprint density at radius 3 is 2.15 bits per heavy atom. The maximum atomic E-state index is 12.9. The number of hydrogen-bond acceptors (Lipinski definition) is 2. The van der Waals surface area contributed by atoms with Crippen molar-refractivity contribution in [2.45, 2.75) is 12.8 Å². The summed E-state index contributed by atoms with van der Waals surface area (Å²) >= 11 is 5.84. The summed E-state index contributed by atoms with van der Waals surface area (Å²) in [4.78, 5) is 28.1. The number of aryl methyl sites for hydroxylation is 1. The molecule has 1 fully saturated rings. The van der Waals surface area contributed by atoms with Gasteiger partial charge in [0, 0.05) is 43.3 Å². The van der Waals surface area contributed by atoms with Gasteiger partial charge in [-0.25, -0.2) is 9.18 Å². The largest absolute Gasteiger partial charge is 0.339 e. The van der Waals surface area contributed by atoms with Crippen LogP contribution >= 0.6 is 11.6 Å². The fourth-order valence-corrected chi connectivity index (χ4v) is 3.08. The highest BCUT2D eigenvalue weighted by atomic mass is 35.5. The molecule has 5 nitrogen and oxygen atoms in total. The smallest absolute Gasteiger partial charge is 0.321 e. The van der Waals surface area contributed by atoms with Gasteiger partial charge in [-0.2, -0.15) is 0 Å². The molecule has 7 heteroatoms. The monoisotopic (exact) mass is 389 g/mol. The van der Waals surface area contributed by atoms with Gasteiger partial charge >= 0.3 is 6.03 Å². The third-order valence-electron chi connectivity index (χ3n) is 4.56. The first-order valence-electron chi connectivity index (χ1n) is 8.85. The zero-order valence-electron chi connectivity index (χ0n) is 14.8. The van der Waals surface area contributed by atoms with Crippen LogP contribution in [0.4, 0.5) is 14.9 Å². The standard InChI is InChI=1S/C20H21ClFN3O2/c21-16-4-8-18(9-5-16)23-20(27)25-13-11-24(12-14-25)19(26)10-3-15-1-6-17(22)7-2-15/h1-2,4-9H,3,10-14H2,(H,23,27). The fraction of sp³-hybridized carbons (Fsp3) is 0.300. The van der Waals surface area contributed by atoms with Gasteiger partial charge in [0.2, 0.25) is 5.91 Å². The number of benzene rings is 2. The van der Waals surface area contributed by atoms with Crippen LogP contribution in [0.2, 0.25) is 5.02 Å². The Morgan fingerprint density at radius 1 is 0.926 bits per heavy atom. The van der Waals surface area contributed by atoms with E-state index in [0.29, 0.717) is 49.7 Å². The Hall–Kier alpha value is -2.60. The number of carbonyl (C=O) groups is 2. The van der Waals surface area contributed by atoms with E-state index in [9.17, 15) is 14.0 Å². The third-order valence-corrected chi connectivity index (χ3v) is 4.81. The van der Waals surface area contributed by atoms with E-state index in [-0.39, 0.29) is 17.8 Å². The lowest BCUT2D eigenvalue weighted by Gasteiger charge is -2.34. The Labute approximate surface area is 162 Å². The highest BCUT2D eigenvalue weighted by molar-refractivity contribution is 6.30. The Balaban J connectivity index is 1.43. The van der Waals surface area contributed by atoms with E-state index in [0.717, 1.165) is 5.56 Å². The third kappa shape index (κ3) is 5.44. The van der Waals surface area contributed by atoms with Crippen molar-refractivity contribution >= 4 is 29.2 Å². The summed E-state index contributed by atoms with van der Waals surface area (Å²) in [5.74, 6) is -0.227. The van der Waals surface area contributed by atoms with Crippen molar-refractivity contribution in [2.24, 2.45) is 0 Å². The van der Waals surface area contributed by atoms with Gasteiger partial charge in [-0.3, -0.25) is 4.79 Å². The summed E-state index contributed by atoms with van der Waals surface area (Å²) < 4.78 is 12.9. The van der Waals surface area contributed by atoms with Gasteiger partial charge in [0.1, 0.15) is 5.82 Å². The van der Waals surface area contributed by atoms with Crippen molar-refractivity contribution in [2.75, 3.05) is 31.5 Å². The number of nitrogens with one attached hydrogen (secondary N) is 1. The molecule has 142 valence electrons. The molecule has 27 heavy (non-hydrogen) atoms. The van der Waals surface area contributed by atoms with Crippen LogP contribution in [0, 0.1) is 5.82 Å². The quantitative estimate of drug-likeness (QED) is 0.865. The highest BCUT2D eigenvalue weighted by Gasteiger charge is 2.23. The highest BCUT2D eigenvalue weighted by Crippen LogP contribution is 2.15. The maximum Gasteiger partial charge on any atom is 0.321 e. The summed E-state index contributed by atoms with van der Waals surface area (Å²) in [5, 5.41) is 3.44. The van der Waals surface area contributed by atoms with E-state index in [2.05, 4.69) is 5.32 Å². The molecule has 1 heterocycles. The molecule has 0 aromatic heterocycles. The van der Waals surface area contributed by atoms with Crippen LogP contribution in [0.1, 0.15) is 12.0 Å². The second kappa shape index (κ2) is 8.86. The molecular formula is C20H21ClFN3O2. The normalized spacial score (nSPS) is 14.1. The average molecular weight is 390 g/mol. The maximum absolute atomic E-state index is 12.9. The van der Waals surface area contributed by atoms with E-state index >= 15 is 0 Å². The average Bonchev–Trinajstić information content (AvgIpc) is 2.69. The van der Waals surface area contributed by atoms with Gasteiger partial charge < -0.3 is 15.1 Å². The number of rotatable bonds is 4. The van der Waals surface area contributed by atoms with Crippen molar-refractivity contribution in [1.82, 2.24) is 9.80 Å². The molecule has 1 aliphatic heterocycles. The van der Waals surface area contributed by atoms with Crippen LogP contribution in [0.3, 0.4) is 0 Å². The number of hydrogen-bond donors (Lipinski definition) is 1. The van der Waals surface area contributed by atoms with E-state index in [4.69, 9.17) is 11.6 Å². The van der Waals surface area contributed by atoms with Gasteiger partial charge in [0.05, 0.1) is 0 Å². The molecule has 1 aliphatic rings. The molecule has 0 unspecified atom stereocenters. The lowest BCUT2D eigenvalue weighted by Crippen LogP contribution is -2.51. The van der Waals surface area contributed by atoms with Crippen molar-refractivity contribution in [3.05, 3.63) is 64.9 Å². The summed E-state index contributed by atoms with van der Waals surface area (Å²) in [5.41, 5.74) is 1.62. The lowest BCUT2D eigenvalue weighted by molar-refractivity contribution is -0.132. The number of urea groups is 1. The predicted octanol–water partition coefficient (Wildman–Crippen LogP) is 3.79. The van der Waals surface area contributed by atoms with E-state index < -0.39 is 0 Å². The molecule has 0 bridgehead atoms. The molecule has 0 radical (unpaired) electrons. The number of piperazine rings is 1. The molecule has 3 amide bonds. The lowest BCUT2D eigenvalue weighted by atomic mass is 10.1.